The molecule has 0 saturated heterocycles. The second kappa shape index (κ2) is 7.84. The summed E-state index contributed by atoms with van der Waals surface area (Å²) < 4.78 is 1.87. The van der Waals surface area contributed by atoms with E-state index in [0.717, 1.165) is 19.6 Å². The zero-order chi connectivity index (χ0) is 12.5. The largest absolute Gasteiger partial charge is 0.356 e. The predicted octanol–water partition coefficient (Wildman–Crippen LogP) is 0.635. The first-order chi connectivity index (χ1) is 8.18. The van der Waals surface area contributed by atoms with Crippen LogP contribution in [-0.4, -0.2) is 35.3 Å². The van der Waals surface area contributed by atoms with E-state index in [1.807, 2.05) is 16.9 Å². The Morgan fingerprint density at radius 3 is 2.88 bits per heavy atom. The maximum absolute atomic E-state index is 11.4. The van der Waals surface area contributed by atoms with Crippen LogP contribution in [0.1, 0.15) is 20.3 Å². The summed E-state index contributed by atoms with van der Waals surface area (Å²) in [5, 5.41) is 10.2. The number of carbonyl (C=O) groups is 1. The average molecular weight is 238 g/mol. The van der Waals surface area contributed by atoms with Gasteiger partial charge < -0.3 is 10.6 Å². The molecule has 0 unspecified atom stereocenters. The van der Waals surface area contributed by atoms with Gasteiger partial charge in [0.15, 0.2) is 0 Å². The number of aromatic nitrogens is 2. The van der Waals surface area contributed by atoms with Crippen LogP contribution >= 0.6 is 0 Å². The quantitative estimate of drug-likeness (QED) is 0.653. The van der Waals surface area contributed by atoms with E-state index >= 15 is 0 Å². The van der Waals surface area contributed by atoms with Crippen LogP contribution in [0, 0.1) is 5.92 Å². The first-order valence-electron chi connectivity index (χ1n) is 6.13. The molecule has 1 heterocycles. The van der Waals surface area contributed by atoms with Crippen LogP contribution in [-0.2, 0) is 11.3 Å². The van der Waals surface area contributed by atoms with E-state index in [1.165, 1.54) is 0 Å². The molecule has 0 fully saturated rings. The molecule has 0 aliphatic rings. The molecule has 5 heteroatoms. The number of nitrogens with one attached hydrogen (secondary N) is 2. The van der Waals surface area contributed by atoms with Crippen LogP contribution < -0.4 is 10.6 Å². The SMILES string of the molecule is CC(C)CNC(=O)CCNCCn1cccn1. The van der Waals surface area contributed by atoms with Crippen molar-refractivity contribution in [3.05, 3.63) is 18.5 Å². The van der Waals surface area contributed by atoms with Crippen molar-refractivity contribution in [1.82, 2.24) is 20.4 Å². The van der Waals surface area contributed by atoms with E-state index in [4.69, 9.17) is 0 Å². The van der Waals surface area contributed by atoms with Gasteiger partial charge in [0.25, 0.3) is 0 Å². The molecular formula is C12H22N4O. The highest BCUT2D eigenvalue weighted by molar-refractivity contribution is 5.76. The van der Waals surface area contributed by atoms with Gasteiger partial charge in [0, 0.05) is 38.4 Å². The van der Waals surface area contributed by atoms with Gasteiger partial charge in [-0.15, -0.1) is 0 Å². The summed E-state index contributed by atoms with van der Waals surface area (Å²) in [4.78, 5) is 11.4. The fourth-order valence-corrected chi connectivity index (χ4v) is 1.36. The Kier molecular flexibility index (Phi) is 6.32. The lowest BCUT2D eigenvalue weighted by Gasteiger charge is -2.08. The Balaban J connectivity index is 1.95. The molecule has 1 aromatic heterocycles. The van der Waals surface area contributed by atoms with Crippen molar-refractivity contribution < 1.29 is 4.79 Å². The van der Waals surface area contributed by atoms with Gasteiger partial charge in [0.05, 0.1) is 6.54 Å². The molecule has 0 aliphatic carbocycles. The summed E-state index contributed by atoms with van der Waals surface area (Å²) in [6.07, 6.45) is 4.22. The Hall–Kier alpha value is -1.36. The average Bonchev–Trinajstić information content (AvgIpc) is 2.79. The smallest absolute Gasteiger partial charge is 0.221 e. The van der Waals surface area contributed by atoms with Crippen molar-refractivity contribution in [3.63, 3.8) is 0 Å². The van der Waals surface area contributed by atoms with E-state index < -0.39 is 0 Å². The Morgan fingerprint density at radius 2 is 2.24 bits per heavy atom. The topological polar surface area (TPSA) is 59.0 Å². The van der Waals surface area contributed by atoms with Gasteiger partial charge in [-0.3, -0.25) is 9.48 Å². The maximum atomic E-state index is 11.4. The van der Waals surface area contributed by atoms with Gasteiger partial charge in [0.2, 0.25) is 5.91 Å². The standard InChI is InChI=1S/C12H22N4O/c1-11(2)10-14-12(17)4-6-13-7-9-16-8-3-5-15-16/h3,5,8,11,13H,4,6-7,9-10H2,1-2H3,(H,14,17). The number of hydrogen-bond donors (Lipinski definition) is 2. The van der Waals surface area contributed by atoms with E-state index in [9.17, 15) is 4.79 Å². The molecule has 0 atom stereocenters. The van der Waals surface area contributed by atoms with Crippen molar-refractivity contribution in [3.8, 4) is 0 Å². The van der Waals surface area contributed by atoms with Crippen LogP contribution in [0.5, 0.6) is 0 Å². The van der Waals surface area contributed by atoms with Crippen LogP contribution in [0.3, 0.4) is 0 Å². The first-order valence-corrected chi connectivity index (χ1v) is 6.13. The molecule has 17 heavy (non-hydrogen) atoms. The molecule has 96 valence electrons. The summed E-state index contributed by atoms with van der Waals surface area (Å²) in [7, 11) is 0. The monoisotopic (exact) mass is 238 g/mol. The Bertz CT molecular complexity index is 308. The Labute approximate surface area is 103 Å². The molecule has 0 spiro atoms. The van der Waals surface area contributed by atoms with Crippen LogP contribution in [0.4, 0.5) is 0 Å². The summed E-state index contributed by atoms with van der Waals surface area (Å²) in [6.45, 7) is 7.31. The Morgan fingerprint density at radius 1 is 1.41 bits per heavy atom. The van der Waals surface area contributed by atoms with Gasteiger partial charge >= 0.3 is 0 Å². The molecule has 0 aromatic carbocycles. The summed E-state index contributed by atoms with van der Waals surface area (Å²) in [6, 6.07) is 1.90. The minimum atomic E-state index is 0.116. The highest BCUT2D eigenvalue weighted by Gasteiger charge is 2.01. The normalized spacial score (nSPS) is 10.8. The van der Waals surface area contributed by atoms with Gasteiger partial charge in [-0.1, -0.05) is 13.8 Å². The van der Waals surface area contributed by atoms with Crippen LogP contribution in [0.2, 0.25) is 0 Å². The molecule has 1 aromatic rings. The maximum Gasteiger partial charge on any atom is 0.221 e. The number of amides is 1. The highest BCUT2D eigenvalue weighted by Crippen LogP contribution is 1.88. The molecule has 5 nitrogen and oxygen atoms in total. The van der Waals surface area contributed by atoms with E-state index in [-0.39, 0.29) is 5.91 Å². The lowest BCUT2D eigenvalue weighted by Crippen LogP contribution is -2.31. The third-order valence-electron chi connectivity index (χ3n) is 2.31. The third-order valence-corrected chi connectivity index (χ3v) is 2.31. The number of hydrogen-bond acceptors (Lipinski definition) is 3. The number of rotatable bonds is 8. The lowest BCUT2D eigenvalue weighted by atomic mass is 10.2. The van der Waals surface area contributed by atoms with Gasteiger partial charge in [-0.05, 0) is 12.0 Å². The van der Waals surface area contributed by atoms with Crippen LogP contribution in [0.25, 0.3) is 0 Å². The van der Waals surface area contributed by atoms with Gasteiger partial charge in [0.1, 0.15) is 0 Å². The fraction of sp³-hybridized carbons (Fsp3) is 0.667. The third kappa shape index (κ3) is 6.73. The first kappa shape index (κ1) is 13.7. The second-order valence-electron chi connectivity index (χ2n) is 4.47. The minimum absolute atomic E-state index is 0.116. The number of nitrogens with zero attached hydrogens (tertiary/aromatic N) is 2. The summed E-state index contributed by atoms with van der Waals surface area (Å²) in [5.74, 6) is 0.622. The second-order valence-corrected chi connectivity index (χ2v) is 4.47. The number of carbonyl (C=O) groups excluding carboxylic acids is 1. The van der Waals surface area contributed by atoms with Gasteiger partial charge in [-0.2, -0.15) is 5.10 Å². The van der Waals surface area contributed by atoms with Crippen molar-refractivity contribution in [2.75, 3.05) is 19.6 Å². The molecule has 2 N–H and O–H groups in total. The molecule has 0 bridgehead atoms. The highest BCUT2D eigenvalue weighted by atomic mass is 16.1. The van der Waals surface area contributed by atoms with Crippen molar-refractivity contribution >= 4 is 5.91 Å². The minimum Gasteiger partial charge on any atom is -0.356 e. The van der Waals surface area contributed by atoms with E-state index in [1.54, 1.807) is 6.20 Å². The molecule has 0 saturated carbocycles. The lowest BCUT2D eigenvalue weighted by molar-refractivity contribution is -0.121. The summed E-state index contributed by atoms with van der Waals surface area (Å²) >= 11 is 0. The fourth-order valence-electron chi connectivity index (χ4n) is 1.36. The zero-order valence-electron chi connectivity index (χ0n) is 10.6. The van der Waals surface area contributed by atoms with Crippen molar-refractivity contribution in [1.29, 1.82) is 0 Å². The molecule has 1 amide bonds. The molecule has 0 radical (unpaired) electrons. The van der Waals surface area contributed by atoms with Crippen molar-refractivity contribution in [2.45, 2.75) is 26.8 Å². The molecular weight excluding hydrogens is 216 g/mol. The van der Waals surface area contributed by atoms with Crippen molar-refractivity contribution in [2.24, 2.45) is 5.92 Å². The molecule has 1 rings (SSSR count). The predicted molar refractivity (Wildman–Crippen MR) is 67.6 cm³/mol. The van der Waals surface area contributed by atoms with E-state index in [2.05, 4.69) is 29.6 Å². The summed E-state index contributed by atoms with van der Waals surface area (Å²) in [5.41, 5.74) is 0. The zero-order valence-corrected chi connectivity index (χ0v) is 10.6. The van der Waals surface area contributed by atoms with E-state index in [0.29, 0.717) is 18.9 Å². The molecule has 0 aliphatic heterocycles. The van der Waals surface area contributed by atoms with Gasteiger partial charge in [-0.25, -0.2) is 0 Å². The van der Waals surface area contributed by atoms with Crippen LogP contribution in [0.15, 0.2) is 18.5 Å².